The summed E-state index contributed by atoms with van der Waals surface area (Å²) in [4.78, 5) is 7.19. The maximum Gasteiger partial charge on any atom is 0.0746 e. The Hall–Kier alpha value is -1.45. The van der Waals surface area contributed by atoms with Crippen molar-refractivity contribution in [1.29, 1.82) is 0 Å². The number of para-hydroxylation sites is 1. The highest BCUT2D eigenvalue weighted by molar-refractivity contribution is 5.81. The fourth-order valence-corrected chi connectivity index (χ4v) is 3.14. The number of piperazine rings is 1. The van der Waals surface area contributed by atoms with Gasteiger partial charge < -0.3 is 5.32 Å². The minimum atomic E-state index is 0.183. The molecular formula is C18H25N3. The molecule has 2 aromatic rings. The third-order valence-electron chi connectivity index (χ3n) is 4.69. The van der Waals surface area contributed by atoms with E-state index in [1.807, 2.05) is 12.3 Å². The van der Waals surface area contributed by atoms with Crippen LogP contribution in [0.5, 0.6) is 0 Å². The van der Waals surface area contributed by atoms with Gasteiger partial charge in [0.2, 0.25) is 0 Å². The number of nitrogens with one attached hydrogen (secondary N) is 1. The van der Waals surface area contributed by atoms with Gasteiger partial charge in [-0.05, 0) is 31.9 Å². The molecule has 21 heavy (non-hydrogen) atoms. The lowest BCUT2D eigenvalue weighted by atomic mass is 9.95. The molecule has 1 atom stereocenters. The number of hydrogen-bond donors (Lipinski definition) is 1. The van der Waals surface area contributed by atoms with Gasteiger partial charge in [-0.25, -0.2) is 0 Å². The molecule has 2 heterocycles. The fraction of sp³-hybridized carbons (Fsp3) is 0.500. The lowest BCUT2D eigenvalue weighted by Crippen LogP contribution is -2.61. The highest BCUT2D eigenvalue weighted by Gasteiger charge is 2.33. The highest BCUT2D eigenvalue weighted by atomic mass is 15.3. The van der Waals surface area contributed by atoms with E-state index in [1.54, 1.807) is 0 Å². The van der Waals surface area contributed by atoms with Crippen LogP contribution in [0.4, 0.5) is 0 Å². The second kappa shape index (κ2) is 5.74. The minimum Gasteiger partial charge on any atom is -0.311 e. The van der Waals surface area contributed by atoms with Gasteiger partial charge in [0.1, 0.15) is 0 Å². The van der Waals surface area contributed by atoms with Crippen LogP contribution in [0.1, 0.15) is 32.8 Å². The zero-order valence-corrected chi connectivity index (χ0v) is 13.3. The predicted octanol–water partition coefficient (Wildman–Crippen LogP) is 3.20. The van der Waals surface area contributed by atoms with Crippen molar-refractivity contribution < 1.29 is 0 Å². The summed E-state index contributed by atoms with van der Waals surface area (Å²) >= 11 is 0. The maximum absolute atomic E-state index is 4.59. The fourth-order valence-electron chi connectivity index (χ4n) is 3.14. The van der Waals surface area contributed by atoms with E-state index in [0.29, 0.717) is 6.04 Å². The molecule has 0 amide bonds. The second-order valence-corrected chi connectivity index (χ2v) is 6.67. The first-order chi connectivity index (χ1) is 10.1. The van der Waals surface area contributed by atoms with Crippen LogP contribution in [0.15, 0.2) is 36.5 Å². The molecule has 1 N–H and O–H groups in total. The van der Waals surface area contributed by atoms with Crippen LogP contribution >= 0.6 is 0 Å². The molecule has 1 aromatic heterocycles. The zero-order valence-electron chi connectivity index (χ0n) is 13.3. The smallest absolute Gasteiger partial charge is 0.0746 e. The molecule has 0 bridgehead atoms. The molecule has 0 spiro atoms. The SMILES string of the molecule is CCC1CN(Cc2cccc3cccnc23)C(C)(C)CN1. The van der Waals surface area contributed by atoms with Gasteiger partial charge in [0.05, 0.1) is 5.52 Å². The summed E-state index contributed by atoms with van der Waals surface area (Å²) in [5, 5.41) is 4.89. The van der Waals surface area contributed by atoms with Gasteiger partial charge in [-0.2, -0.15) is 0 Å². The van der Waals surface area contributed by atoms with Crippen molar-refractivity contribution in [3.8, 4) is 0 Å². The largest absolute Gasteiger partial charge is 0.311 e. The van der Waals surface area contributed by atoms with Crippen molar-refractivity contribution in [1.82, 2.24) is 15.2 Å². The van der Waals surface area contributed by atoms with Gasteiger partial charge in [-0.3, -0.25) is 9.88 Å². The monoisotopic (exact) mass is 283 g/mol. The molecule has 1 aliphatic rings. The average molecular weight is 283 g/mol. The van der Waals surface area contributed by atoms with Crippen molar-refractivity contribution in [2.45, 2.75) is 45.3 Å². The van der Waals surface area contributed by atoms with Gasteiger partial charge in [-0.15, -0.1) is 0 Å². The molecular weight excluding hydrogens is 258 g/mol. The third kappa shape index (κ3) is 2.94. The first kappa shape index (κ1) is 14.5. The summed E-state index contributed by atoms with van der Waals surface area (Å²) < 4.78 is 0. The topological polar surface area (TPSA) is 28.2 Å². The molecule has 1 aliphatic heterocycles. The van der Waals surface area contributed by atoms with Crippen molar-refractivity contribution in [3.63, 3.8) is 0 Å². The first-order valence-electron chi connectivity index (χ1n) is 7.91. The Bertz CT molecular complexity index is 615. The number of benzene rings is 1. The molecule has 1 saturated heterocycles. The van der Waals surface area contributed by atoms with E-state index in [2.05, 4.69) is 60.2 Å². The van der Waals surface area contributed by atoms with Crippen molar-refractivity contribution in [3.05, 3.63) is 42.1 Å². The average Bonchev–Trinajstić information content (AvgIpc) is 2.49. The van der Waals surface area contributed by atoms with Crippen molar-refractivity contribution >= 4 is 10.9 Å². The molecule has 1 fully saturated rings. The lowest BCUT2D eigenvalue weighted by molar-refractivity contribution is 0.0580. The van der Waals surface area contributed by atoms with Crippen LogP contribution < -0.4 is 5.32 Å². The van der Waals surface area contributed by atoms with E-state index in [4.69, 9.17) is 0 Å². The Morgan fingerprint density at radius 1 is 1.29 bits per heavy atom. The Morgan fingerprint density at radius 3 is 2.90 bits per heavy atom. The van der Waals surface area contributed by atoms with Crippen LogP contribution in [-0.2, 0) is 6.54 Å². The number of hydrogen-bond acceptors (Lipinski definition) is 3. The van der Waals surface area contributed by atoms with Gasteiger partial charge in [0.15, 0.2) is 0 Å². The zero-order chi connectivity index (χ0) is 14.9. The maximum atomic E-state index is 4.59. The van der Waals surface area contributed by atoms with Crippen molar-refractivity contribution in [2.24, 2.45) is 0 Å². The summed E-state index contributed by atoms with van der Waals surface area (Å²) in [5.74, 6) is 0. The molecule has 112 valence electrons. The number of nitrogens with zero attached hydrogens (tertiary/aromatic N) is 2. The molecule has 0 radical (unpaired) electrons. The van der Waals surface area contributed by atoms with Crippen LogP contribution in [0.2, 0.25) is 0 Å². The molecule has 3 heteroatoms. The summed E-state index contributed by atoms with van der Waals surface area (Å²) in [6.07, 6.45) is 3.07. The molecule has 3 nitrogen and oxygen atoms in total. The number of aromatic nitrogens is 1. The van der Waals surface area contributed by atoms with Crippen LogP contribution in [0, 0.1) is 0 Å². The Balaban J connectivity index is 1.89. The number of rotatable bonds is 3. The van der Waals surface area contributed by atoms with E-state index >= 15 is 0 Å². The summed E-state index contributed by atoms with van der Waals surface area (Å²) in [6.45, 7) is 10.0. The minimum absolute atomic E-state index is 0.183. The van der Waals surface area contributed by atoms with Gasteiger partial charge in [0, 0.05) is 42.8 Å². The van der Waals surface area contributed by atoms with E-state index in [1.165, 1.54) is 17.4 Å². The quantitative estimate of drug-likeness (QED) is 0.937. The van der Waals surface area contributed by atoms with Crippen LogP contribution in [-0.4, -0.2) is 34.6 Å². The van der Waals surface area contributed by atoms with Gasteiger partial charge >= 0.3 is 0 Å². The van der Waals surface area contributed by atoms with Crippen molar-refractivity contribution in [2.75, 3.05) is 13.1 Å². The van der Waals surface area contributed by atoms with Gasteiger partial charge in [0.25, 0.3) is 0 Å². The lowest BCUT2D eigenvalue weighted by Gasteiger charge is -2.46. The number of pyridine rings is 1. The van der Waals surface area contributed by atoms with Gasteiger partial charge in [-0.1, -0.05) is 31.2 Å². The van der Waals surface area contributed by atoms with E-state index in [9.17, 15) is 0 Å². The Morgan fingerprint density at radius 2 is 2.10 bits per heavy atom. The van der Waals surface area contributed by atoms with Crippen LogP contribution in [0.3, 0.4) is 0 Å². The molecule has 3 rings (SSSR count). The summed E-state index contributed by atoms with van der Waals surface area (Å²) in [6, 6.07) is 11.3. The standard InChI is InChI=1S/C18H25N3/c1-4-16-12-21(18(2,3)13-20-16)11-15-8-5-7-14-9-6-10-19-17(14)15/h5-10,16,20H,4,11-13H2,1-3H3. The molecule has 1 unspecified atom stereocenters. The normalized spacial score (nSPS) is 22.5. The number of fused-ring (bicyclic) bond motifs is 1. The predicted molar refractivity (Wildman–Crippen MR) is 88.3 cm³/mol. The Labute approximate surface area is 127 Å². The first-order valence-corrected chi connectivity index (χ1v) is 7.91. The summed E-state index contributed by atoms with van der Waals surface area (Å²) in [7, 11) is 0. The second-order valence-electron chi connectivity index (χ2n) is 6.67. The third-order valence-corrected chi connectivity index (χ3v) is 4.69. The van der Waals surface area contributed by atoms with Crippen LogP contribution in [0.25, 0.3) is 10.9 Å². The van der Waals surface area contributed by atoms with E-state index in [0.717, 1.165) is 25.2 Å². The molecule has 1 aromatic carbocycles. The van der Waals surface area contributed by atoms with E-state index < -0.39 is 0 Å². The summed E-state index contributed by atoms with van der Waals surface area (Å²) in [5.41, 5.74) is 2.66. The molecule has 0 aliphatic carbocycles. The Kier molecular flexibility index (Phi) is 3.96. The highest BCUT2D eigenvalue weighted by Crippen LogP contribution is 2.25. The van der Waals surface area contributed by atoms with E-state index in [-0.39, 0.29) is 5.54 Å². The molecule has 0 saturated carbocycles.